The number of carbonyl (C=O) groups excluding carboxylic acids is 2. The van der Waals surface area contributed by atoms with Crippen LogP contribution < -0.4 is 5.32 Å². The van der Waals surface area contributed by atoms with E-state index in [-0.39, 0.29) is 12.5 Å². The second-order valence-corrected chi connectivity index (χ2v) is 12.8. The molecule has 0 saturated heterocycles. The first-order chi connectivity index (χ1) is 22.4. The average molecular weight is 637 g/mol. The molecule has 8 heteroatoms. The molecule has 7 nitrogen and oxygen atoms in total. The number of hydrogen-bond donors (Lipinski definition) is 1. The Kier molecular flexibility index (Phi) is 10.7. The van der Waals surface area contributed by atoms with E-state index in [1.165, 1.54) is 31.9 Å². The molecule has 6 rings (SSSR count). The maximum atomic E-state index is 13.3. The molecule has 1 amide bonds. The fourth-order valence-corrected chi connectivity index (χ4v) is 7.47. The van der Waals surface area contributed by atoms with Gasteiger partial charge in [0.2, 0.25) is 5.91 Å². The fourth-order valence-electron chi connectivity index (χ4n) is 6.58. The third kappa shape index (κ3) is 6.77. The van der Waals surface area contributed by atoms with Gasteiger partial charge in [0, 0.05) is 17.3 Å². The third-order valence-electron chi connectivity index (χ3n) is 8.61. The number of rotatable bonds is 9. The second-order valence-electron chi connectivity index (χ2n) is 11.6. The molecule has 240 valence electrons. The smallest absolute Gasteiger partial charge is 0.337 e. The maximum absolute atomic E-state index is 13.3. The Morgan fingerprint density at radius 1 is 1.04 bits per heavy atom. The van der Waals surface area contributed by atoms with Crippen LogP contribution in [0.5, 0.6) is 0 Å². The number of pyridine rings is 1. The van der Waals surface area contributed by atoms with Gasteiger partial charge in [0.25, 0.3) is 0 Å². The summed E-state index contributed by atoms with van der Waals surface area (Å²) in [4.78, 5) is 36.6. The zero-order chi connectivity index (χ0) is 32.8. The second kappa shape index (κ2) is 14.9. The summed E-state index contributed by atoms with van der Waals surface area (Å²) in [6, 6.07) is 16.3. The quantitative estimate of drug-likeness (QED) is 0.0991. The number of benzene rings is 2. The van der Waals surface area contributed by atoms with E-state index in [2.05, 4.69) is 51.8 Å². The van der Waals surface area contributed by atoms with Gasteiger partial charge in [-0.2, -0.15) is 0 Å². The van der Waals surface area contributed by atoms with E-state index in [1.807, 2.05) is 45.9 Å². The Labute approximate surface area is 275 Å². The van der Waals surface area contributed by atoms with E-state index in [1.54, 1.807) is 17.4 Å². The Morgan fingerprint density at radius 3 is 2.52 bits per heavy atom. The Hall–Kier alpha value is -4.30. The monoisotopic (exact) mass is 636 g/mol. The molecule has 1 fully saturated rings. The predicted octanol–water partition coefficient (Wildman–Crippen LogP) is 9.15. The van der Waals surface area contributed by atoms with Crippen LogP contribution in [0.15, 0.2) is 61.2 Å². The van der Waals surface area contributed by atoms with E-state index in [4.69, 9.17) is 9.72 Å². The van der Waals surface area contributed by atoms with Crippen LogP contribution in [0.1, 0.15) is 84.9 Å². The first-order valence-electron chi connectivity index (χ1n) is 16.4. The highest BCUT2D eigenvalue weighted by molar-refractivity contribution is 7.15. The zero-order valence-electron chi connectivity index (χ0n) is 27.6. The van der Waals surface area contributed by atoms with Crippen LogP contribution in [-0.2, 0) is 16.1 Å². The topological polar surface area (TPSA) is 86.1 Å². The van der Waals surface area contributed by atoms with Crippen LogP contribution in [0.25, 0.3) is 43.6 Å². The molecule has 5 aromatic rings. The van der Waals surface area contributed by atoms with E-state index in [9.17, 15) is 9.59 Å². The van der Waals surface area contributed by atoms with Crippen LogP contribution >= 0.6 is 11.3 Å². The molecule has 0 bridgehead atoms. The lowest BCUT2D eigenvalue weighted by Gasteiger charge is -2.24. The van der Waals surface area contributed by atoms with Crippen LogP contribution in [0.4, 0.5) is 0 Å². The van der Waals surface area contributed by atoms with Crippen molar-refractivity contribution in [2.45, 2.75) is 78.7 Å². The van der Waals surface area contributed by atoms with Crippen molar-refractivity contribution in [3.05, 3.63) is 83.0 Å². The molecule has 0 aliphatic heterocycles. The number of ether oxygens (including phenoxy) is 1. The molecule has 3 heterocycles. The standard InChI is InChI=1S/C36H38N4O3S.C2H6/c1-5-6-18-37-32(41)21-40-31-20-27(36(42)43-4)12-15-28(31)33(24-10-8-7-9-11-24)34(40)26-14-16-29-25(19-26)13-17-30(39-29)35-22(2)38-23(3)44-35;1-2/h5,12-17,19-20,24H,1,6-11,18,21H2,2-4H3,(H,37,41);1-2H3. The zero-order valence-corrected chi connectivity index (χ0v) is 28.4. The molecule has 3 aromatic heterocycles. The molecule has 0 radical (unpaired) electrons. The number of nitrogens with zero attached hydrogens (tertiary/aromatic N) is 3. The summed E-state index contributed by atoms with van der Waals surface area (Å²) in [5.74, 6) is -0.107. The summed E-state index contributed by atoms with van der Waals surface area (Å²) in [7, 11) is 1.39. The van der Waals surface area contributed by atoms with E-state index < -0.39 is 5.97 Å². The van der Waals surface area contributed by atoms with Crippen LogP contribution in [0, 0.1) is 13.8 Å². The van der Waals surface area contributed by atoms with Gasteiger partial charge in [0.05, 0.1) is 50.7 Å². The molecule has 1 N–H and O–H groups in total. The lowest BCUT2D eigenvalue weighted by Crippen LogP contribution is -2.28. The molecule has 0 unspecified atom stereocenters. The minimum atomic E-state index is -0.394. The Balaban J connectivity index is 0.00000204. The lowest BCUT2D eigenvalue weighted by atomic mass is 9.81. The molecule has 1 saturated carbocycles. The normalized spacial score (nSPS) is 13.3. The highest BCUT2D eigenvalue weighted by Crippen LogP contribution is 2.45. The summed E-state index contributed by atoms with van der Waals surface area (Å²) in [6.45, 7) is 12.5. The van der Waals surface area contributed by atoms with Crippen molar-refractivity contribution in [3.63, 3.8) is 0 Å². The Morgan fingerprint density at radius 2 is 1.83 bits per heavy atom. The van der Waals surface area contributed by atoms with Crippen molar-refractivity contribution in [1.82, 2.24) is 19.9 Å². The van der Waals surface area contributed by atoms with Crippen LogP contribution in [0.2, 0.25) is 0 Å². The molecule has 1 aliphatic carbocycles. The third-order valence-corrected chi connectivity index (χ3v) is 9.70. The van der Waals surface area contributed by atoms with Crippen molar-refractivity contribution in [1.29, 1.82) is 0 Å². The number of carbonyl (C=O) groups is 2. The van der Waals surface area contributed by atoms with Crippen molar-refractivity contribution in [3.8, 4) is 21.8 Å². The predicted molar refractivity (Wildman–Crippen MR) is 190 cm³/mol. The number of methoxy groups -OCH3 is 1. The fraction of sp³-hybridized carbons (Fsp3) is 0.368. The minimum Gasteiger partial charge on any atom is -0.465 e. The van der Waals surface area contributed by atoms with Crippen molar-refractivity contribution < 1.29 is 14.3 Å². The summed E-state index contributed by atoms with van der Waals surface area (Å²) in [5, 5.41) is 6.18. The van der Waals surface area contributed by atoms with Gasteiger partial charge in [0.1, 0.15) is 6.54 Å². The van der Waals surface area contributed by atoms with E-state index >= 15 is 0 Å². The number of amides is 1. The van der Waals surface area contributed by atoms with Gasteiger partial charge in [-0.05, 0) is 80.5 Å². The van der Waals surface area contributed by atoms with Gasteiger partial charge >= 0.3 is 5.97 Å². The van der Waals surface area contributed by atoms with E-state index in [0.29, 0.717) is 24.4 Å². The number of esters is 1. The summed E-state index contributed by atoms with van der Waals surface area (Å²) in [5.41, 5.74) is 7.50. The first-order valence-corrected chi connectivity index (χ1v) is 17.2. The molecule has 2 aromatic carbocycles. The lowest BCUT2D eigenvalue weighted by molar-refractivity contribution is -0.121. The van der Waals surface area contributed by atoms with Gasteiger partial charge in [-0.15, -0.1) is 17.9 Å². The number of hydrogen-bond acceptors (Lipinski definition) is 6. The molecular weight excluding hydrogens is 593 g/mol. The highest BCUT2D eigenvalue weighted by atomic mass is 32.1. The van der Waals surface area contributed by atoms with Crippen molar-refractivity contribution in [2.75, 3.05) is 13.7 Å². The summed E-state index contributed by atoms with van der Waals surface area (Å²) < 4.78 is 7.16. The summed E-state index contributed by atoms with van der Waals surface area (Å²) in [6.07, 6.45) is 8.30. The van der Waals surface area contributed by atoms with Gasteiger partial charge < -0.3 is 14.6 Å². The number of fused-ring (bicyclic) bond motifs is 2. The number of aromatic nitrogens is 3. The molecule has 0 atom stereocenters. The largest absolute Gasteiger partial charge is 0.465 e. The number of nitrogens with one attached hydrogen (secondary N) is 1. The van der Waals surface area contributed by atoms with Gasteiger partial charge in [-0.1, -0.05) is 57.4 Å². The first kappa shape index (κ1) is 33.1. The van der Waals surface area contributed by atoms with E-state index in [0.717, 1.165) is 67.2 Å². The Bertz CT molecular complexity index is 1880. The van der Waals surface area contributed by atoms with Gasteiger partial charge in [-0.3, -0.25) is 4.79 Å². The van der Waals surface area contributed by atoms with Gasteiger partial charge in [-0.25, -0.2) is 14.8 Å². The summed E-state index contributed by atoms with van der Waals surface area (Å²) >= 11 is 1.66. The van der Waals surface area contributed by atoms with Gasteiger partial charge in [0.15, 0.2) is 0 Å². The molecule has 0 spiro atoms. The van der Waals surface area contributed by atoms with Crippen LogP contribution in [-0.4, -0.2) is 40.1 Å². The minimum absolute atomic E-state index is 0.0778. The molecule has 1 aliphatic rings. The SMILES string of the molecule is C=CCCNC(=O)Cn1c(-c2ccc3nc(-c4sc(C)nc4C)ccc3c2)c(C2CCCCC2)c2ccc(C(=O)OC)cc21.CC. The average Bonchev–Trinajstić information content (AvgIpc) is 3.60. The van der Waals surface area contributed by atoms with Crippen LogP contribution in [0.3, 0.4) is 0 Å². The molecular formula is C38H44N4O3S. The maximum Gasteiger partial charge on any atom is 0.337 e. The number of thiazole rings is 1. The van der Waals surface area contributed by atoms with Crippen molar-refractivity contribution >= 4 is 45.0 Å². The number of aryl methyl sites for hydroxylation is 2. The van der Waals surface area contributed by atoms with Crippen molar-refractivity contribution in [2.24, 2.45) is 0 Å². The highest BCUT2D eigenvalue weighted by Gasteiger charge is 2.28. The molecule has 46 heavy (non-hydrogen) atoms.